The van der Waals surface area contributed by atoms with Crippen LogP contribution in [0.4, 0.5) is 10.1 Å². The van der Waals surface area contributed by atoms with E-state index in [1.54, 1.807) is 31.2 Å². The minimum atomic E-state index is -0.458. The number of nitro benzene ring substituents is 1. The third-order valence-electron chi connectivity index (χ3n) is 3.92. The molecule has 0 heterocycles. The van der Waals surface area contributed by atoms with Crippen LogP contribution in [0.2, 0.25) is 0 Å². The number of nitrogens with one attached hydrogen (secondary N) is 1. The van der Waals surface area contributed by atoms with Gasteiger partial charge in [-0.25, -0.2) is 4.39 Å². The fraction of sp³-hybridized carbons (Fsp3) is 0.316. The molecule has 0 saturated carbocycles. The molecule has 0 aliphatic heterocycles. The fourth-order valence-electron chi connectivity index (χ4n) is 2.48. The van der Waals surface area contributed by atoms with E-state index in [0.717, 1.165) is 10.5 Å². The Morgan fingerprint density at radius 2 is 1.65 bits per heavy atom. The van der Waals surface area contributed by atoms with Gasteiger partial charge in [0.1, 0.15) is 5.82 Å². The van der Waals surface area contributed by atoms with Crippen LogP contribution in [0.25, 0.3) is 0 Å². The van der Waals surface area contributed by atoms with Crippen molar-refractivity contribution >= 4 is 23.4 Å². The van der Waals surface area contributed by atoms with Crippen LogP contribution in [0, 0.1) is 21.8 Å². The van der Waals surface area contributed by atoms with Gasteiger partial charge in [0.05, 0.1) is 16.2 Å². The molecule has 138 valence electrons. The Kier molecular flexibility index (Phi) is 6.74. The molecule has 0 saturated heterocycles. The Labute approximate surface area is 156 Å². The predicted octanol–water partition coefficient (Wildman–Crippen LogP) is 4.73. The van der Waals surface area contributed by atoms with Crippen molar-refractivity contribution in [2.75, 3.05) is 0 Å². The SMILES string of the molecule is CC(Sc1ccc([N+](=O)[O-])cc1)C(=O)NC(c1ccc(F)cc1)C(C)C. The first kappa shape index (κ1) is 19.9. The number of rotatable bonds is 7. The number of carbonyl (C=O) groups is 1. The molecule has 7 heteroatoms. The number of benzene rings is 2. The molecule has 2 rings (SSSR count). The standard InChI is InChI=1S/C19H21FN2O3S/c1-12(2)18(14-4-6-15(20)7-5-14)21-19(23)13(3)26-17-10-8-16(9-11-17)22(24)25/h4-13,18H,1-3H3,(H,21,23). The predicted molar refractivity (Wildman–Crippen MR) is 101 cm³/mol. The van der Waals surface area contributed by atoms with E-state index < -0.39 is 4.92 Å². The Bertz CT molecular complexity index is 763. The minimum Gasteiger partial charge on any atom is -0.348 e. The van der Waals surface area contributed by atoms with Crippen molar-refractivity contribution in [2.24, 2.45) is 5.92 Å². The average molecular weight is 376 g/mol. The van der Waals surface area contributed by atoms with Crippen molar-refractivity contribution in [3.8, 4) is 0 Å². The summed E-state index contributed by atoms with van der Waals surface area (Å²) in [6.07, 6.45) is 0. The van der Waals surface area contributed by atoms with Crippen molar-refractivity contribution in [1.29, 1.82) is 0 Å². The average Bonchev–Trinajstić information content (AvgIpc) is 2.60. The molecule has 1 amide bonds. The quantitative estimate of drug-likeness (QED) is 0.431. The van der Waals surface area contributed by atoms with Crippen molar-refractivity contribution in [3.05, 3.63) is 70.0 Å². The number of carbonyl (C=O) groups excluding carboxylic acids is 1. The number of thioether (sulfide) groups is 1. The lowest BCUT2D eigenvalue weighted by molar-refractivity contribution is -0.384. The Morgan fingerprint density at radius 1 is 1.08 bits per heavy atom. The van der Waals surface area contributed by atoms with E-state index in [9.17, 15) is 19.3 Å². The molecule has 5 nitrogen and oxygen atoms in total. The van der Waals surface area contributed by atoms with E-state index in [0.29, 0.717) is 0 Å². The molecule has 26 heavy (non-hydrogen) atoms. The highest BCUT2D eigenvalue weighted by Crippen LogP contribution is 2.27. The number of hydrogen-bond acceptors (Lipinski definition) is 4. The largest absolute Gasteiger partial charge is 0.348 e. The van der Waals surface area contributed by atoms with E-state index in [-0.39, 0.29) is 34.6 Å². The second kappa shape index (κ2) is 8.80. The van der Waals surface area contributed by atoms with Crippen molar-refractivity contribution in [2.45, 2.75) is 37.0 Å². The smallest absolute Gasteiger partial charge is 0.269 e. The summed E-state index contributed by atoms with van der Waals surface area (Å²) < 4.78 is 13.1. The van der Waals surface area contributed by atoms with Crippen LogP contribution in [-0.2, 0) is 4.79 Å². The lowest BCUT2D eigenvalue weighted by atomic mass is 9.96. The summed E-state index contributed by atoms with van der Waals surface area (Å²) in [5.74, 6) is -0.318. The minimum absolute atomic E-state index is 0.0163. The summed E-state index contributed by atoms with van der Waals surface area (Å²) in [6.45, 7) is 5.76. The topological polar surface area (TPSA) is 72.2 Å². The first-order chi connectivity index (χ1) is 12.3. The third kappa shape index (κ3) is 5.29. The number of nitro groups is 1. The van der Waals surface area contributed by atoms with Gasteiger partial charge >= 0.3 is 0 Å². The van der Waals surface area contributed by atoms with Gasteiger partial charge in [-0.05, 0) is 42.7 Å². The molecule has 0 radical (unpaired) electrons. The Balaban J connectivity index is 2.03. The van der Waals surface area contributed by atoms with Crippen molar-refractivity contribution in [3.63, 3.8) is 0 Å². The van der Waals surface area contributed by atoms with Crippen LogP contribution in [0.1, 0.15) is 32.4 Å². The maximum Gasteiger partial charge on any atom is 0.269 e. The Hall–Kier alpha value is -2.41. The van der Waals surface area contributed by atoms with Gasteiger partial charge < -0.3 is 5.32 Å². The molecule has 1 N–H and O–H groups in total. The molecule has 0 spiro atoms. The van der Waals surface area contributed by atoms with Crippen molar-refractivity contribution < 1.29 is 14.1 Å². The summed E-state index contributed by atoms with van der Waals surface area (Å²) in [4.78, 5) is 23.6. The monoisotopic (exact) mass is 376 g/mol. The van der Waals surface area contributed by atoms with Crippen LogP contribution >= 0.6 is 11.8 Å². The first-order valence-corrected chi connectivity index (χ1v) is 9.13. The zero-order valence-electron chi connectivity index (χ0n) is 14.8. The van der Waals surface area contributed by atoms with Crippen LogP contribution < -0.4 is 5.32 Å². The van der Waals surface area contributed by atoms with E-state index in [4.69, 9.17) is 0 Å². The molecule has 0 bridgehead atoms. The molecule has 0 aliphatic carbocycles. The maximum atomic E-state index is 13.1. The van der Waals surface area contributed by atoms with E-state index >= 15 is 0 Å². The van der Waals surface area contributed by atoms with E-state index in [1.165, 1.54) is 36.0 Å². The lowest BCUT2D eigenvalue weighted by Crippen LogP contribution is -2.36. The highest BCUT2D eigenvalue weighted by Gasteiger charge is 2.22. The summed E-state index contributed by atoms with van der Waals surface area (Å²) in [6, 6.07) is 12.0. The van der Waals surface area contributed by atoms with Crippen LogP contribution in [0.15, 0.2) is 53.4 Å². The molecular formula is C19H21FN2O3S. The summed E-state index contributed by atoms with van der Waals surface area (Å²) in [5, 5.41) is 13.3. The van der Waals surface area contributed by atoms with E-state index in [1.807, 2.05) is 13.8 Å². The van der Waals surface area contributed by atoms with Gasteiger partial charge in [0.2, 0.25) is 5.91 Å². The summed E-state index contributed by atoms with van der Waals surface area (Å²) >= 11 is 1.33. The van der Waals surface area contributed by atoms with E-state index in [2.05, 4.69) is 5.32 Å². The van der Waals surface area contributed by atoms with Gasteiger partial charge in [-0.3, -0.25) is 14.9 Å². The summed E-state index contributed by atoms with van der Waals surface area (Å²) in [7, 11) is 0. The third-order valence-corrected chi connectivity index (χ3v) is 5.04. The molecule has 0 aliphatic rings. The van der Waals surface area contributed by atoms with Gasteiger partial charge in [-0.2, -0.15) is 0 Å². The molecule has 0 aromatic heterocycles. The van der Waals surface area contributed by atoms with Gasteiger partial charge in [0, 0.05) is 17.0 Å². The highest BCUT2D eigenvalue weighted by atomic mass is 32.2. The van der Waals surface area contributed by atoms with Crippen LogP contribution in [0.5, 0.6) is 0 Å². The van der Waals surface area contributed by atoms with Gasteiger partial charge in [-0.1, -0.05) is 26.0 Å². The molecule has 2 aromatic carbocycles. The van der Waals surface area contributed by atoms with Crippen LogP contribution in [-0.4, -0.2) is 16.1 Å². The molecule has 2 unspecified atom stereocenters. The van der Waals surface area contributed by atoms with Gasteiger partial charge in [-0.15, -0.1) is 11.8 Å². The number of halogens is 1. The normalized spacial score (nSPS) is 13.3. The summed E-state index contributed by atoms with van der Waals surface area (Å²) in [5.41, 5.74) is 0.866. The first-order valence-electron chi connectivity index (χ1n) is 8.25. The number of hydrogen-bond donors (Lipinski definition) is 1. The number of amides is 1. The second-order valence-electron chi connectivity index (χ2n) is 6.29. The Morgan fingerprint density at radius 3 is 2.15 bits per heavy atom. The lowest BCUT2D eigenvalue weighted by Gasteiger charge is -2.24. The van der Waals surface area contributed by atoms with Gasteiger partial charge in [0.15, 0.2) is 0 Å². The molecular weight excluding hydrogens is 355 g/mol. The zero-order chi connectivity index (χ0) is 19.3. The fourth-order valence-corrected chi connectivity index (χ4v) is 3.36. The maximum absolute atomic E-state index is 13.1. The van der Waals surface area contributed by atoms with Crippen molar-refractivity contribution in [1.82, 2.24) is 5.32 Å². The second-order valence-corrected chi connectivity index (χ2v) is 7.71. The zero-order valence-corrected chi connectivity index (χ0v) is 15.6. The number of non-ortho nitro benzene ring substituents is 1. The molecule has 2 atom stereocenters. The van der Waals surface area contributed by atoms with Crippen LogP contribution in [0.3, 0.4) is 0 Å². The van der Waals surface area contributed by atoms with Gasteiger partial charge in [0.25, 0.3) is 5.69 Å². The molecule has 0 fully saturated rings. The highest BCUT2D eigenvalue weighted by molar-refractivity contribution is 8.00. The number of nitrogens with zero attached hydrogens (tertiary/aromatic N) is 1. The molecule has 2 aromatic rings.